The van der Waals surface area contributed by atoms with Gasteiger partial charge in [0.05, 0.1) is 6.07 Å². The van der Waals surface area contributed by atoms with Crippen LogP contribution in [0.3, 0.4) is 0 Å². The summed E-state index contributed by atoms with van der Waals surface area (Å²) < 4.78 is 9.23. The third-order valence-electron chi connectivity index (χ3n) is 1.09. The van der Waals surface area contributed by atoms with Crippen LogP contribution < -0.4 is 10.1 Å². The fourth-order valence-corrected chi connectivity index (χ4v) is 0.716. The Morgan fingerprint density at radius 3 is 3.08 bits per heavy atom. The van der Waals surface area contributed by atoms with E-state index in [1.807, 2.05) is 13.8 Å². The molecule has 0 amide bonds. The van der Waals surface area contributed by atoms with Crippen molar-refractivity contribution in [2.45, 2.75) is 19.9 Å². The Kier molecular flexibility index (Phi) is 2.68. The molecule has 0 aliphatic heterocycles. The van der Waals surface area contributed by atoms with E-state index in [0.717, 1.165) is 0 Å². The molecule has 5 nitrogen and oxygen atoms in total. The first-order valence-corrected chi connectivity index (χ1v) is 3.56. The highest BCUT2D eigenvalue weighted by Gasteiger charge is 2.04. The maximum absolute atomic E-state index is 9.88. The minimum absolute atomic E-state index is 0.160. The van der Waals surface area contributed by atoms with Gasteiger partial charge < -0.3 is 14.6 Å². The van der Waals surface area contributed by atoms with Crippen LogP contribution >= 0.6 is 0 Å². The third-order valence-corrected chi connectivity index (χ3v) is 1.09. The summed E-state index contributed by atoms with van der Waals surface area (Å²) in [6.45, 7) is 4.22. The molecule has 0 fully saturated rings. The second kappa shape index (κ2) is 3.75. The lowest BCUT2D eigenvalue weighted by molar-refractivity contribution is -0.121. The highest BCUT2D eigenvalue weighted by atomic mass is 16.6. The lowest BCUT2D eigenvalue weighted by Gasteiger charge is -2.02. The SMILES string of the molecule is CC(C)Nc1cc(OC=O)no1. The molecule has 0 aliphatic rings. The van der Waals surface area contributed by atoms with E-state index >= 15 is 0 Å². The smallest absolute Gasteiger partial charge is 0.299 e. The number of aromatic nitrogens is 1. The Morgan fingerprint density at radius 1 is 1.75 bits per heavy atom. The number of carbonyl (C=O) groups is 1. The van der Waals surface area contributed by atoms with Crippen molar-refractivity contribution in [3.05, 3.63) is 6.07 Å². The number of carbonyl (C=O) groups excluding carboxylic acids is 1. The van der Waals surface area contributed by atoms with Gasteiger partial charge in [-0.1, -0.05) is 0 Å². The lowest BCUT2D eigenvalue weighted by Crippen LogP contribution is -2.08. The second-order valence-electron chi connectivity index (χ2n) is 2.54. The van der Waals surface area contributed by atoms with Crippen molar-refractivity contribution >= 4 is 12.4 Å². The van der Waals surface area contributed by atoms with Gasteiger partial charge in [0.15, 0.2) is 0 Å². The van der Waals surface area contributed by atoms with Gasteiger partial charge in [0.1, 0.15) is 0 Å². The number of hydrogen-bond acceptors (Lipinski definition) is 5. The second-order valence-corrected chi connectivity index (χ2v) is 2.54. The summed E-state index contributed by atoms with van der Waals surface area (Å²) in [4.78, 5) is 9.88. The number of hydrogen-bond donors (Lipinski definition) is 1. The van der Waals surface area contributed by atoms with E-state index in [2.05, 4.69) is 15.2 Å². The molecule has 0 unspecified atom stereocenters. The van der Waals surface area contributed by atoms with Crippen molar-refractivity contribution in [2.24, 2.45) is 0 Å². The van der Waals surface area contributed by atoms with Crippen LogP contribution in [0.5, 0.6) is 5.88 Å². The average Bonchev–Trinajstić information content (AvgIpc) is 2.36. The van der Waals surface area contributed by atoms with Gasteiger partial charge in [-0.2, -0.15) is 0 Å². The molecule has 0 spiro atoms. The van der Waals surface area contributed by atoms with Crippen molar-refractivity contribution in [3.63, 3.8) is 0 Å². The molecule has 1 rings (SSSR count). The van der Waals surface area contributed by atoms with Crippen LogP contribution in [0.25, 0.3) is 0 Å². The molecule has 0 saturated heterocycles. The van der Waals surface area contributed by atoms with E-state index in [1.54, 1.807) is 0 Å². The summed E-state index contributed by atoms with van der Waals surface area (Å²) in [6.07, 6.45) is 0. The van der Waals surface area contributed by atoms with Gasteiger partial charge in [0.25, 0.3) is 12.4 Å². The summed E-state index contributed by atoms with van der Waals surface area (Å²) in [5.41, 5.74) is 0. The quantitative estimate of drug-likeness (QED) is 0.683. The average molecular weight is 170 g/mol. The van der Waals surface area contributed by atoms with E-state index in [1.165, 1.54) is 6.07 Å². The topological polar surface area (TPSA) is 64.4 Å². The Morgan fingerprint density at radius 2 is 2.50 bits per heavy atom. The number of rotatable bonds is 4. The third kappa shape index (κ3) is 2.26. The van der Waals surface area contributed by atoms with Crippen molar-refractivity contribution in [3.8, 4) is 5.88 Å². The number of ether oxygens (including phenoxy) is 1. The summed E-state index contributed by atoms with van der Waals surface area (Å²) in [5.74, 6) is 0.648. The first-order chi connectivity index (χ1) is 5.72. The molecule has 0 aliphatic carbocycles. The Labute approximate surface area is 69.7 Å². The highest BCUT2D eigenvalue weighted by molar-refractivity contribution is 5.45. The molecule has 5 heteroatoms. The molecule has 66 valence electrons. The fraction of sp³-hybridized carbons (Fsp3) is 0.429. The maximum atomic E-state index is 9.88. The first-order valence-electron chi connectivity index (χ1n) is 3.56. The number of nitrogens with zero attached hydrogens (tertiary/aromatic N) is 1. The highest BCUT2D eigenvalue weighted by Crippen LogP contribution is 2.15. The van der Waals surface area contributed by atoms with Crippen molar-refractivity contribution in [1.82, 2.24) is 5.16 Å². The van der Waals surface area contributed by atoms with Gasteiger partial charge in [-0.25, -0.2) is 0 Å². The minimum atomic E-state index is 0.160. The zero-order valence-corrected chi connectivity index (χ0v) is 6.90. The predicted octanol–water partition coefficient (Wildman–Crippen LogP) is 1.03. The Bertz CT molecular complexity index is 257. The molecular formula is C7H10N2O3. The van der Waals surface area contributed by atoms with Gasteiger partial charge in [-0.05, 0) is 19.0 Å². The van der Waals surface area contributed by atoms with Crippen LogP contribution in [0.1, 0.15) is 13.8 Å². The monoisotopic (exact) mass is 170 g/mol. The molecule has 0 aromatic carbocycles. The van der Waals surface area contributed by atoms with Crippen LogP contribution in [0.2, 0.25) is 0 Å². The molecule has 1 aromatic heterocycles. The molecule has 1 heterocycles. The van der Waals surface area contributed by atoms with Crippen LogP contribution in [-0.2, 0) is 4.79 Å². The Balaban J connectivity index is 2.57. The summed E-state index contributed by atoms with van der Waals surface area (Å²) in [7, 11) is 0. The van der Waals surface area contributed by atoms with Gasteiger partial charge in [0, 0.05) is 6.04 Å². The van der Waals surface area contributed by atoms with Crippen molar-refractivity contribution < 1.29 is 14.1 Å². The first kappa shape index (κ1) is 8.58. The summed E-state index contributed by atoms with van der Waals surface area (Å²) in [5, 5.41) is 6.43. The van der Waals surface area contributed by atoms with Gasteiger partial charge in [-0.3, -0.25) is 4.79 Å². The van der Waals surface area contributed by atoms with Crippen LogP contribution in [0.15, 0.2) is 10.6 Å². The van der Waals surface area contributed by atoms with Crippen molar-refractivity contribution in [1.29, 1.82) is 0 Å². The van der Waals surface area contributed by atoms with E-state index in [9.17, 15) is 4.79 Å². The zero-order chi connectivity index (χ0) is 8.97. The van der Waals surface area contributed by atoms with Gasteiger partial charge in [-0.15, -0.1) is 0 Å². The zero-order valence-electron chi connectivity index (χ0n) is 6.90. The van der Waals surface area contributed by atoms with E-state index in [0.29, 0.717) is 12.4 Å². The number of anilines is 1. The molecule has 0 atom stereocenters. The normalized spacial score (nSPS) is 9.92. The summed E-state index contributed by atoms with van der Waals surface area (Å²) >= 11 is 0. The van der Waals surface area contributed by atoms with Crippen molar-refractivity contribution in [2.75, 3.05) is 5.32 Å². The predicted molar refractivity (Wildman–Crippen MR) is 42.0 cm³/mol. The largest absolute Gasteiger partial charge is 0.406 e. The molecule has 12 heavy (non-hydrogen) atoms. The van der Waals surface area contributed by atoms with Crippen LogP contribution in [-0.4, -0.2) is 17.7 Å². The fourth-order valence-electron chi connectivity index (χ4n) is 0.716. The standard InChI is InChI=1S/C7H10N2O3/c1-5(2)8-6-3-7(9-12-6)11-4-10/h3-5,8H,1-2H3. The molecule has 1 N–H and O–H groups in total. The van der Waals surface area contributed by atoms with E-state index in [-0.39, 0.29) is 11.9 Å². The van der Waals surface area contributed by atoms with Gasteiger partial charge >= 0.3 is 0 Å². The minimum Gasteiger partial charge on any atom is -0.406 e. The maximum Gasteiger partial charge on any atom is 0.299 e. The molecule has 1 aromatic rings. The lowest BCUT2D eigenvalue weighted by atomic mass is 10.4. The van der Waals surface area contributed by atoms with E-state index in [4.69, 9.17) is 4.52 Å². The summed E-state index contributed by atoms with van der Waals surface area (Å²) in [6, 6.07) is 1.76. The van der Waals surface area contributed by atoms with E-state index < -0.39 is 0 Å². The Hall–Kier alpha value is -1.52. The number of nitrogens with one attached hydrogen (secondary N) is 1. The molecule has 0 bridgehead atoms. The van der Waals surface area contributed by atoms with Crippen LogP contribution in [0, 0.1) is 0 Å². The molecular weight excluding hydrogens is 160 g/mol. The van der Waals surface area contributed by atoms with Gasteiger partial charge in [0.2, 0.25) is 5.88 Å². The molecule has 0 radical (unpaired) electrons. The van der Waals surface area contributed by atoms with Crippen LogP contribution in [0.4, 0.5) is 5.88 Å². The molecule has 0 saturated carbocycles.